The van der Waals surface area contributed by atoms with Gasteiger partial charge < -0.3 is 10.5 Å². The molecule has 0 aliphatic rings. The maximum absolute atomic E-state index is 11.9. The Hall–Kier alpha value is -1.36. The molecule has 0 aliphatic carbocycles. The number of anilines is 1. The molecule has 1 aromatic carbocycles. The Kier molecular flexibility index (Phi) is 4.40. The van der Waals surface area contributed by atoms with Gasteiger partial charge in [0.05, 0.1) is 12.8 Å². The number of nitrogens with two attached hydrogens (primary N) is 2. The molecule has 8 nitrogen and oxygen atoms in total. The molecule has 0 saturated heterocycles. The summed E-state index contributed by atoms with van der Waals surface area (Å²) in [6.07, 6.45) is 0. The molecule has 108 valence electrons. The summed E-state index contributed by atoms with van der Waals surface area (Å²) in [5, 5.41) is 4.97. The van der Waals surface area contributed by atoms with Crippen molar-refractivity contribution < 1.29 is 21.6 Å². The Balaban J connectivity index is 3.64. The standard InChI is InChI=1S/C9H15N3O5S2/c1-3-12-19(15,16)9-5-8(18(11,13)14)6(10)4-7(9)17-2/h4-5,12H,3,10H2,1-2H3,(H2,11,13,14). The Morgan fingerprint density at radius 3 is 2.21 bits per heavy atom. The largest absolute Gasteiger partial charge is 0.495 e. The maximum Gasteiger partial charge on any atom is 0.244 e. The predicted molar refractivity (Wildman–Crippen MR) is 69.6 cm³/mol. The molecule has 0 unspecified atom stereocenters. The molecule has 0 amide bonds. The first kappa shape index (κ1) is 15.7. The summed E-state index contributed by atoms with van der Waals surface area (Å²) < 4.78 is 53.7. The average Bonchev–Trinajstić information content (AvgIpc) is 2.26. The van der Waals surface area contributed by atoms with E-state index in [9.17, 15) is 16.8 Å². The van der Waals surface area contributed by atoms with E-state index in [1.165, 1.54) is 7.11 Å². The Morgan fingerprint density at radius 2 is 1.79 bits per heavy atom. The number of primary sulfonamides is 1. The molecule has 1 rings (SSSR count). The van der Waals surface area contributed by atoms with Gasteiger partial charge in [-0.2, -0.15) is 0 Å². The molecule has 10 heteroatoms. The van der Waals surface area contributed by atoms with Crippen LogP contribution in [0.1, 0.15) is 6.92 Å². The van der Waals surface area contributed by atoms with Crippen LogP contribution >= 0.6 is 0 Å². The van der Waals surface area contributed by atoms with Crippen molar-refractivity contribution in [3.05, 3.63) is 12.1 Å². The second-order valence-electron chi connectivity index (χ2n) is 3.59. The van der Waals surface area contributed by atoms with Crippen molar-refractivity contribution in [2.24, 2.45) is 5.14 Å². The highest BCUT2D eigenvalue weighted by Gasteiger charge is 2.24. The number of rotatable bonds is 5. The topological polar surface area (TPSA) is 142 Å². The lowest BCUT2D eigenvalue weighted by Crippen LogP contribution is -2.24. The fraction of sp³-hybridized carbons (Fsp3) is 0.333. The normalized spacial score (nSPS) is 12.4. The lowest BCUT2D eigenvalue weighted by Gasteiger charge is -2.13. The number of ether oxygens (including phenoxy) is 1. The number of nitrogen functional groups attached to an aromatic ring is 1. The van der Waals surface area contributed by atoms with Gasteiger partial charge >= 0.3 is 0 Å². The van der Waals surface area contributed by atoms with Crippen LogP contribution in [0.3, 0.4) is 0 Å². The minimum atomic E-state index is -4.13. The summed E-state index contributed by atoms with van der Waals surface area (Å²) in [4.78, 5) is -0.806. The molecule has 19 heavy (non-hydrogen) atoms. The number of sulfonamides is 2. The van der Waals surface area contributed by atoms with E-state index >= 15 is 0 Å². The van der Waals surface area contributed by atoms with E-state index in [4.69, 9.17) is 15.6 Å². The quantitative estimate of drug-likeness (QED) is 0.609. The third-order valence-corrected chi connectivity index (χ3v) is 4.76. The second-order valence-corrected chi connectivity index (χ2v) is 6.85. The monoisotopic (exact) mass is 309 g/mol. The van der Waals surface area contributed by atoms with Crippen molar-refractivity contribution >= 4 is 25.7 Å². The Bertz CT molecular complexity index is 682. The number of hydrogen-bond acceptors (Lipinski definition) is 6. The van der Waals surface area contributed by atoms with Gasteiger partial charge in [-0.25, -0.2) is 26.7 Å². The summed E-state index contributed by atoms with van der Waals surface area (Å²) in [7, 11) is -6.79. The molecule has 0 aromatic heterocycles. The van der Waals surface area contributed by atoms with Crippen molar-refractivity contribution in [3.63, 3.8) is 0 Å². The van der Waals surface area contributed by atoms with Gasteiger partial charge in [0.15, 0.2) is 0 Å². The minimum absolute atomic E-state index is 0.0640. The van der Waals surface area contributed by atoms with Crippen molar-refractivity contribution in [3.8, 4) is 5.75 Å². The molecular formula is C9H15N3O5S2. The zero-order valence-electron chi connectivity index (χ0n) is 10.4. The van der Waals surface area contributed by atoms with Crippen LogP contribution in [0.15, 0.2) is 21.9 Å². The van der Waals surface area contributed by atoms with E-state index in [1.54, 1.807) is 6.92 Å². The SMILES string of the molecule is CCNS(=O)(=O)c1cc(S(N)(=O)=O)c(N)cc1OC. The molecule has 1 aromatic rings. The van der Waals surface area contributed by atoms with E-state index in [-0.39, 0.29) is 22.9 Å². The van der Waals surface area contributed by atoms with Crippen molar-refractivity contribution in [2.75, 3.05) is 19.4 Å². The van der Waals surface area contributed by atoms with Gasteiger partial charge in [0, 0.05) is 12.6 Å². The van der Waals surface area contributed by atoms with Gasteiger partial charge in [-0.1, -0.05) is 6.92 Å². The molecule has 0 heterocycles. The summed E-state index contributed by atoms with van der Waals surface area (Å²) in [5.41, 5.74) is 5.33. The summed E-state index contributed by atoms with van der Waals surface area (Å²) in [5.74, 6) is -0.0640. The Morgan fingerprint density at radius 1 is 1.21 bits per heavy atom. The van der Waals surface area contributed by atoms with Crippen LogP contribution in [0.2, 0.25) is 0 Å². The van der Waals surface area contributed by atoms with Gasteiger partial charge in [-0.05, 0) is 6.07 Å². The van der Waals surface area contributed by atoms with Crippen LogP contribution in [0, 0.1) is 0 Å². The lowest BCUT2D eigenvalue weighted by molar-refractivity contribution is 0.402. The molecule has 0 aliphatic heterocycles. The third kappa shape index (κ3) is 3.35. The molecule has 0 radical (unpaired) electrons. The number of benzene rings is 1. The molecule has 0 bridgehead atoms. The van der Waals surface area contributed by atoms with Crippen LogP contribution in [0.5, 0.6) is 5.75 Å². The highest BCUT2D eigenvalue weighted by molar-refractivity contribution is 7.90. The highest BCUT2D eigenvalue weighted by Crippen LogP contribution is 2.31. The fourth-order valence-corrected chi connectivity index (χ4v) is 3.40. The van der Waals surface area contributed by atoms with Gasteiger partial charge in [-0.3, -0.25) is 0 Å². The Labute approximate surface area is 111 Å². The molecule has 5 N–H and O–H groups in total. The van der Waals surface area contributed by atoms with Gasteiger partial charge in [0.1, 0.15) is 15.5 Å². The lowest BCUT2D eigenvalue weighted by atomic mass is 10.3. The second kappa shape index (κ2) is 5.33. The first-order valence-electron chi connectivity index (χ1n) is 5.13. The van der Waals surface area contributed by atoms with E-state index in [2.05, 4.69) is 4.72 Å². The first-order chi connectivity index (χ1) is 8.63. The summed E-state index contributed by atoms with van der Waals surface area (Å²) >= 11 is 0. The van der Waals surface area contributed by atoms with Crippen molar-refractivity contribution in [2.45, 2.75) is 16.7 Å². The van der Waals surface area contributed by atoms with Crippen LogP contribution in [0.4, 0.5) is 5.69 Å². The summed E-state index contributed by atoms with van der Waals surface area (Å²) in [6, 6.07) is 1.98. The van der Waals surface area contributed by atoms with Crippen molar-refractivity contribution in [1.29, 1.82) is 0 Å². The minimum Gasteiger partial charge on any atom is -0.495 e. The van der Waals surface area contributed by atoms with Crippen LogP contribution < -0.4 is 20.3 Å². The average molecular weight is 309 g/mol. The molecule has 0 atom stereocenters. The zero-order valence-corrected chi connectivity index (χ0v) is 12.0. The third-order valence-electron chi connectivity index (χ3n) is 2.23. The smallest absolute Gasteiger partial charge is 0.244 e. The van der Waals surface area contributed by atoms with E-state index in [0.29, 0.717) is 0 Å². The molecule has 0 spiro atoms. The first-order valence-corrected chi connectivity index (χ1v) is 8.16. The van der Waals surface area contributed by atoms with E-state index < -0.39 is 24.9 Å². The van der Waals surface area contributed by atoms with Gasteiger partial charge in [0.25, 0.3) is 0 Å². The summed E-state index contributed by atoms with van der Waals surface area (Å²) in [6.45, 7) is 1.72. The molecular weight excluding hydrogens is 294 g/mol. The van der Waals surface area contributed by atoms with Crippen molar-refractivity contribution in [1.82, 2.24) is 4.72 Å². The number of hydrogen-bond donors (Lipinski definition) is 3. The zero-order chi connectivity index (χ0) is 14.8. The highest BCUT2D eigenvalue weighted by atomic mass is 32.2. The van der Waals surface area contributed by atoms with Gasteiger partial charge in [-0.15, -0.1) is 0 Å². The van der Waals surface area contributed by atoms with E-state index in [0.717, 1.165) is 12.1 Å². The fourth-order valence-electron chi connectivity index (χ4n) is 1.44. The number of nitrogens with one attached hydrogen (secondary N) is 1. The van der Waals surface area contributed by atoms with Crippen LogP contribution in [0.25, 0.3) is 0 Å². The van der Waals surface area contributed by atoms with E-state index in [1.807, 2.05) is 0 Å². The molecule has 0 fully saturated rings. The predicted octanol–water partition coefficient (Wildman–Crippen LogP) is -0.777. The van der Waals surface area contributed by atoms with Crippen LogP contribution in [-0.4, -0.2) is 30.5 Å². The van der Waals surface area contributed by atoms with Gasteiger partial charge in [0.2, 0.25) is 20.0 Å². The molecule has 0 saturated carbocycles. The van der Waals surface area contributed by atoms with Crippen LogP contribution in [-0.2, 0) is 20.0 Å². The number of methoxy groups -OCH3 is 1. The maximum atomic E-state index is 11.9.